The summed E-state index contributed by atoms with van der Waals surface area (Å²) in [5, 5.41) is 9.19. The standard InChI is InChI=1S/C16H28O3.C16H28.C12H22O2.C11H20O2/c1-4-7-13-10-12(2)11-16(13,3)15(17)19-14-8-5-6-9-18-14;1-4-6-12-7-10(3)15-13-8-11(5-2)14(9-13)16(12)15;1-5-6-10-7-9(2)8-12(10,3)11(13)14-4;1-4-5-9-6-8(2)7-11(9,3)10(12)13/h12-14H,4-11H2,1-3H3;10-16H,4-9H2,1-3H3;9-10H,5-8H2,1-4H3;8-9H,4-7H2,1-3H3,(H,12,13). The maximum absolute atomic E-state index is 12.6. The zero-order chi connectivity index (χ0) is 46.0. The third kappa shape index (κ3) is 12.2. The van der Waals surface area contributed by atoms with Crippen molar-refractivity contribution in [3.63, 3.8) is 0 Å². The summed E-state index contributed by atoms with van der Waals surface area (Å²) in [6, 6.07) is 0. The first-order chi connectivity index (χ1) is 29.4. The number of fused-ring (bicyclic) bond motifs is 5. The molecule has 62 heavy (non-hydrogen) atoms. The lowest BCUT2D eigenvalue weighted by molar-refractivity contribution is -0.198. The van der Waals surface area contributed by atoms with E-state index in [1.807, 2.05) is 6.92 Å². The lowest BCUT2D eigenvalue weighted by Gasteiger charge is -2.35. The topological polar surface area (TPSA) is 99.1 Å². The number of aliphatic carboxylic acids is 1. The monoisotopic (exact) mass is 871 g/mol. The molecule has 0 spiro atoms. The average Bonchev–Trinajstić information content (AvgIpc) is 4.07. The number of methoxy groups -OCH3 is 1. The molecule has 2 bridgehead atoms. The van der Waals surface area contributed by atoms with Crippen molar-refractivity contribution in [1.82, 2.24) is 0 Å². The predicted molar refractivity (Wildman–Crippen MR) is 253 cm³/mol. The summed E-state index contributed by atoms with van der Waals surface area (Å²) in [5.41, 5.74) is -0.962. The molecule has 1 aliphatic heterocycles. The Hall–Kier alpha value is -1.63. The van der Waals surface area contributed by atoms with Gasteiger partial charge < -0.3 is 19.3 Å². The second-order valence-corrected chi connectivity index (χ2v) is 23.3. The lowest BCUT2D eigenvalue weighted by atomic mass is 9.70. The Kier molecular flexibility index (Phi) is 20.3. The summed E-state index contributed by atoms with van der Waals surface area (Å²) < 4.78 is 16.1. The Morgan fingerprint density at radius 1 is 0.613 bits per heavy atom. The summed E-state index contributed by atoms with van der Waals surface area (Å²) in [5.74, 6) is 10.5. The number of rotatable bonds is 13. The van der Waals surface area contributed by atoms with Crippen LogP contribution in [0.1, 0.15) is 218 Å². The molecule has 6 aliphatic carbocycles. The Bertz CT molecular complexity index is 1390. The highest BCUT2D eigenvalue weighted by Crippen LogP contribution is 2.65. The van der Waals surface area contributed by atoms with Crippen LogP contribution >= 0.6 is 0 Å². The third-order valence-electron chi connectivity index (χ3n) is 18.3. The molecule has 7 aliphatic rings. The second kappa shape index (κ2) is 23.7. The van der Waals surface area contributed by atoms with Crippen molar-refractivity contribution >= 4 is 17.9 Å². The fourth-order valence-corrected chi connectivity index (χ4v) is 15.6. The fourth-order valence-electron chi connectivity index (χ4n) is 15.6. The molecule has 1 saturated heterocycles. The van der Waals surface area contributed by atoms with Crippen LogP contribution in [0.3, 0.4) is 0 Å². The first-order valence-electron chi connectivity index (χ1n) is 26.5. The SMILES string of the molecule is CCCC1CC(C)C2C3CC(CC)C(C3)C12.CCCC1CC(C)CC1(C)C(=O)O.CCCC1CC(C)CC1(C)C(=O)OC.CCCC1CC(C)CC1(C)C(=O)OC1CCCCO1. The number of carboxylic acid groups (broad SMARTS) is 1. The number of carboxylic acids is 1. The van der Waals surface area contributed by atoms with Gasteiger partial charge in [-0.1, -0.05) is 101 Å². The number of carbonyl (C=O) groups is 3. The van der Waals surface area contributed by atoms with E-state index in [0.717, 1.165) is 138 Å². The van der Waals surface area contributed by atoms with Crippen LogP contribution in [-0.2, 0) is 28.6 Å². The summed E-state index contributed by atoms with van der Waals surface area (Å²) in [6.45, 7) is 27.3. The van der Waals surface area contributed by atoms with Crippen LogP contribution in [0, 0.1) is 93.2 Å². The van der Waals surface area contributed by atoms with Crippen molar-refractivity contribution in [3.8, 4) is 0 Å². The first-order valence-corrected chi connectivity index (χ1v) is 26.5. The molecule has 0 amide bonds. The van der Waals surface area contributed by atoms with Crippen molar-refractivity contribution in [2.45, 2.75) is 224 Å². The zero-order valence-electron chi connectivity index (χ0n) is 42.5. The number of esters is 2. The normalized spacial score (nSPS) is 42.7. The van der Waals surface area contributed by atoms with Crippen molar-refractivity contribution in [2.75, 3.05) is 13.7 Å². The van der Waals surface area contributed by atoms with E-state index >= 15 is 0 Å². The van der Waals surface area contributed by atoms with E-state index in [4.69, 9.17) is 14.2 Å². The molecule has 7 rings (SSSR count). The van der Waals surface area contributed by atoms with Gasteiger partial charge >= 0.3 is 17.9 Å². The number of hydrogen-bond acceptors (Lipinski definition) is 6. The van der Waals surface area contributed by atoms with E-state index in [1.54, 1.807) is 19.3 Å². The van der Waals surface area contributed by atoms with Gasteiger partial charge in [-0.15, -0.1) is 0 Å². The van der Waals surface area contributed by atoms with Gasteiger partial charge in [-0.05, 0) is 188 Å². The number of hydrogen-bond donors (Lipinski definition) is 1. The highest BCUT2D eigenvalue weighted by molar-refractivity contribution is 5.78. The van der Waals surface area contributed by atoms with Crippen LogP contribution in [0.2, 0.25) is 0 Å². The molecule has 0 radical (unpaired) electrons. The minimum absolute atomic E-state index is 0.0136. The van der Waals surface area contributed by atoms with Crippen LogP contribution < -0.4 is 0 Å². The Balaban J connectivity index is 0.000000184. The van der Waals surface area contributed by atoms with E-state index < -0.39 is 11.4 Å². The molecule has 0 aromatic carbocycles. The largest absolute Gasteiger partial charge is 0.481 e. The molecule has 0 aromatic heterocycles. The number of ether oxygens (including phenoxy) is 3. The fraction of sp³-hybridized carbons (Fsp3) is 0.945. The van der Waals surface area contributed by atoms with Gasteiger partial charge in [0, 0.05) is 6.42 Å². The quantitative estimate of drug-likeness (QED) is 0.184. The summed E-state index contributed by atoms with van der Waals surface area (Å²) >= 11 is 0. The van der Waals surface area contributed by atoms with Gasteiger partial charge in [0.25, 0.3) is 0 Å². The van der Waals surface area contributed by atoms with E-state index in [0.29, 0.717) is 35.5 Å². The summed E-state index contributed by atoms with van der Waals surface area (Å²) in [6.07, 6.45) is 24.9. The maximum atomic E-state index is 12.6. The van der Waals surface area contributed by atoms with E-state index in [2.05, 4.69) is 76.2 Å². The summed E-state index contributed by atoms with van der Waals surface area (Å²) in [7, 11) is 1.50. The minimum Gasteiger partial charge on any atom is -0.481 e. The van der Waals surface area contributed by atoms with E-state index in [1.165, 1.54) is 32.8 Å². The van der Waals surface area contributed by atoms with Gasteiger partial charge in [0.15, 0.2) is 0 Å². The Morgan fingerprint density at radius 2 is 1.11 bits per heavy atom. The van der Waals surface area contributed by atoms with Gasteiger partial charge in [0.05, 0.1) is 30.0 Å². The van der Waals surface area contributed by atoms with E-state index in [-0.39, 0.29) is 29.1 Å². The van der Waals surface area contributed by atoms with Gasteiger partial charge in [-0.25, -0.2) is 0 Å². The minimum atomic E-state index is -0.602. The van der Waals surface area contributed by atoms with E-state index in [9.17, 15) is 19.5 Å². The van der Waals surface area contributed by atoms with Crippen LogP contribution in [-0.4, -0.2) is 43.0 Å². The third-order valence-corrected chi connectivity index (χ3v) is 18.3. The molecule has 17 unspecified atom stereocenters. The van der Waals surface area contributed by atoms with Crippen LogP contribution in [0.4, 0.5) is 0 Å². The van der Waals surface area contributed by atoms with Crippen LogP contribution in [0.5, 0.6) is 0 Å². The molecule has 7 nitrogen and oxygen atoms in total. The second-order valence-electron chi connectivity index (χ2n) is 23.3. The molecular formula is C55H98O7. The van der Waals surface area contributed by atoms with Crippen molar-refractivity contribution < 1.29 is 33.7 Å². The van der Waals surface area contributed by atoms with Gasteiger partial charge in [0.2, 0.25) is 6.29 Å². The smallest absolute Gasteiger partial charge is 0.314 e. The molecular weight excluding hydrogens is 773 g/mol. The van der Waals surface area contributed by atoms with Crippen molar-refractivity contribution in [1.29, 1.82) is 0 Å². The van der Waals surface area contributed by atoms with Crippen LogP contribution in [0.25, 0.3) is 0 Å². The summed E-state index contributed by atoms with van der Waals surface area (Å²) in [4.78, 5) is 35.5. The molecule has 6 saturated carbocycles. The van der Waals surface area contributed by atoms with Crippen molar-refractivity contribution in [3.05, 3.63) is 0 Å². The lowest BCUT2D eigenvalue weighted by Crippen LogP contribution is -2.37. The van der Waals surface area contributed by atoms with Crippen LogP contribution in [0.15, 0.2) is 0 Å². The van der Waals surface area contributed by atoms with Gasteiger partial charge in [0.1, 0.15) is 0 Å². The Morgan fingerprint density at radius 3 is 1.56 bits per heavy atom. The molecule has 360 valence electrons. The number of carbonyl (C=O) groups excluding carboxylic acids is 2. The van der Waals surface area contributed by atoms with Gasteiger partial charge in [-0.3, -0.25) is 14.4 Å². The predicted octanol–water partition coefficient (Wildman–Crippen LogP) is 14.6. The highest BCUT2D eigenvalue weighted by Gasteiger charge is 2.58. The zero-order valence-corrected chi connectivity index (χ0v) is 42.5. The molecule has 0 aromatic rings. The first kappa shape index (κ1) is 53.0. The van der Waals surface area contributed by atoms with Gasteiger partial charge in [-0.2, -0.15) is 0 Å². The maximum Gasteiger partial charge on any atom is 0.314 e. The molecule has 17 atom stereocenters. The molecule has 1 N–H and O–H groups in total. The van der Waals surface area contributed by atoms with Crippen molar-refractivity contribution in [2.24, 2.45) is 93.2 Å². The molecule has 7 heteroatoms. The Labute approximate surface area is 381 Å². The molecule has 1 heterocycles. The highest BCUT2D eigenvalue weighted by atomic mass is 16.7. The average molecular weight is 871 g/mol. The molecule has 7 fully saturated rings.